The monoisotopic (exact) mass is 340 g/mol. The lowest BCUT2D eigenvalue weighted by Crippen LogP contribution is -2.17. The van der Waals surface area contributed by atoms with E-state index in [2.05, 4.69) is 5.32 Å². The first kappa shape index (κ1) is 15.9. The summed E-state index contributed by atoms with van der Waals surface area (Å²) < 4.78 is 10.9. The summed E-state index contributed by atoms with van der Waals surface area (Å²) in [4.78, 5) is 12.3. The summed E-state index contributed by atoms with van der Waals surface area (Å²) in [7, 11) is 0. The zero-order valence-corrected chi connectivity index (χ0v) is 13.3. The Hall–Kier alpha value is -2.97. The second-order valence-electron chi connectivity index (χ2n) is 5.00. The Morgan fingerprint density at radius 3 is 2.67 bits per heavy atom. The Kier molecular flexibility index (Phi) is 4.69. The third-order valence-electron chi connectivity index (χ3n) is 3.37. The van der Waals surface area contributed by atoms with Gasteiger partial charge in [-0.05, 0) is 29.8 Å². The van der Waals surface area contributed by atoms with Gasteiger partial charge in [0.05, 0.1) is 0 Å². The Balaban J connectivity index is 1.80. The number of carbonyl (C=O) groups excluding carboxylic acids is 1. The molecule has 2 aromatic rings. The molecule has 1 N–H and O–H groups in total. The van der Waals surface area contributed by atoms with Gasteiger partial charge < -0.3 is 14.8 Å². The summed E-state index contributed by atoms with van der Waals surface area (Å²) in [6.45, 7) is 0.956. The maximum Gasteiger partial charge on any atom is 0.266 e. The molecule has 1 heterocycles. The van der Waals surface area contributed by atoms with E-state index in [9.17, 15) is 10.1 Å². The Labute approximate surface area is 144 Å². The van der Waals surface area contributed by atoms with Crippen LogP contribution in [0.5, 0.6) is 11.5 Å². The molecular formula is C18H13ClN2O3. The highest BCUT2D eigenvalue weighted by Gasteiger charge is 2.15. The van der Waals surface area contributed by atoms with Crippen molar-refractivity contribution in [3.8, 4) is 17.6 Å². The third kappa shape index (κ3) is 3.50. The molecule has 0 radical (unpaired) electrons. The fourth-order valence-corrected chi connectivity index (χ4v) is 2.41. The molecule has 2 aromatic carbocycles. The molecule has 0 fully saturated rings. The van der Waals surface area contributed by atoms with Crippen molar-refractivity contribution >= 4 is 29.3 Å². The van der Waals surface area contributed by atoms with Crippen molar-refractivity contribution in [2.24, 2.45) is 0 Å². The number of amides is 1. The zero-order chi connectivity index (χ0) is 16.9. The molecule has 0 saturated carbocycles. The summed E-state index contributed by atoms with van der Waals surface area (Å²) in [6, 6.07) is 14.0. The van der Waals surface area contributed by atoms with Crippen LogP contribution in [-0.2, 0) is 4.79 Å². The Morgan fingerprint density at radius 1 is 1.17 bits per heavy atom. The van der Waals surface area contributed by atoms with Crippen molar-refractivity contribution in [1.29, 1.82) is 5.26 Å². The topological polar surface area (TPSA) is 71.4 Å². The Bertz CT molecular complexity index is 856. The van der Waals surface area contributed by atoms with Crippen LogP contribution in [0.3, 0.4) is 0 Å². The molecule has 6 heteroatoms. The summed E-state index contributed by atoms with van der Waals surface area (Å²) in [6.07, 6.45) is 1.45. The number of anilines is 1. The van der Waals surface area contributed by atoms with Gasteiger partial charge in [0.15, 0.2) is 11.5 Å². The van der Waals surface area contributed by atoms with E-state index in [0.29, 0.717) is 41.0 Å². The lowest BCUT2D eigenvalue weighted by molar-refractivity contribution is -0.112. The van der Waals surface area contributed by atoms with Crippen molar-refractivity contribution in [2.45, 2.75) is 0 Å². The largest absolute Gasteiger partial charge is 0.486 e. The normalized spacial score (nSPS) is 13.1. The Morgan fingerprint density at radius 2 is 1.92 bits per heavy atom. The van der Waals surface area contributed by atoms with Crippen molar-refractivity contribution in [3.63, 3.8) is 0 Å². The summed E-state index contributed by atoms with van der Waals surface area (Å²) in [5, 5.41) is 12.4. The van der Waals surface area contributed by atoms with Gasteiger partial charge in [0, 0.05) is 16.8 Å². The van der Waals surface area contributed by atoms with Gasteiger partial charge in [-0.25, -0.2) is 0 Å². The molecule has 24 heavy (non-hydrogen) atoms. The molecule has 0 atom stereocenters. The van der Waals surface area contributed by atoms with Crippen LogP contribution in [-0.4, -0.2) is 19.1 Å². The van der Waals surface area contributed by atoms with Crippen LogP contribution in [0.15, 0.2) is 48.0 Å². The molecule has 3 rings (SSSR count). The van der Waals surface area contributed by atoms with Crippen LogP contribution in [0.1, 0.15) is 5.56 Å². The van der Waals surface area contributed by atoms with E-state index >= 15 is 0 Å². The van der Waals surface area contributed by atoms with Gasteiger partial charge in [-0.15, -0.1) is 0 Å². The van der Waals surface area contributed by atoms with E-state index in [1.807, 2.05) is 6.07 Å². The van der Waals surface area contributed by atoms with Crippen molar-refractivity contribution in [1.82, 2.24) is 0 Å². The average Bonchev–Trinajstić information content (AvgIpc) is 2.61. The minimum absolute atomic E-state index is 0.0435. The van der Waals surface area contributed by atoms with Crippen LogP contribution >= 0.6 is 11.6 Å². The zero-order valence-electron chi connectivity index (χ0n) is 12.6. The van der Waals surface area contributed by atoms with Crippen LogP contribution in [0.4, 0.5) is 5.69 Å². The lowest BCUT2D eigenvalue weighted by atomic mass is 10.1. The van der Waals surface area contributed by atoms with Gasteiger partial charge >= 0.3 is 0 Å². The molecule has 0 bridgehead atoms. The standard InChI is InChI=1S/C18H13ClN2O3/c19-15-4-2-1-3-12(15)9-13(11-20)18(22)21-14-5-6-16-17(10-14)24-8-7-23-16/h1-6,9-10H,7-8H2,(H,21,22)/b13-9-. The average molecular weight is 341 g/mol. The van der Waals surface area contributed by atoms with Gasteiger partial charge in [-0.1, -0.05) is 29.8 Å². The smallest absolute Gasteiger partial charge is 0.266 e. The SMILES string of the molecule is N#C/C(=C/c1ccccc1Cl)C(=O)Nc1ccc2c(c1)OCCO2. The van der Waals surface area contributed by atoms with E-state index in [0.717, 1.165) is 0 Å². The van der Waals surface area contributed by atoms with Gasteiger partial charge in [-0.2, -0.15) is 5.26 Å². The quantitative estimate of drug-likeness (QED) is 0.683. The molecule has 0 spiro atoms. The molecule has 1 amide bonds. The molecule has 1 aliphatic rings. The number of fused-ring (bicyclic) bond motifs is 1. The molecule has 1 aliphatic heterocycles. The van der Waals surface area contributed by atoms with Gasteiger partial charge in [0.25, 0.3) is 5.91 Å². The fourth-order valence-electron chi connectivity index (χ4n) is 2.22. The highest BCUT2D eigenvalue weighted by Crippen LogP contribution is 2.32. The number of benzene rings is 2. The number of hydrogen-bond donors (Lipinski definition) is 1. The summed E-state index contributed by atoms with van der Waals surface area (Å²) in [5.41, 5.74) is 1.08. The van der Waals surface area contributed by atoms with E-state index in [1.165, 1.54) is 6.08 Å². The van der Waals surface area contributed by atoms with Gasteiger partial charge in [0.1, 0.15) is 24.9 Å². The summed E-state index contributed by atoms with van der Waals surface area (Å²) >= 11 is 6.05. The van der Waals surface area contributed by atoms with Crippen molar-refractivity contribution in [2.75, 3.05) is 18.5 Å². The third-order valence-corrected chi connectivity index (χ3v) is 3.71. The molecular weight excluding hydrogens is 328 g/mol. The van der Waals surface area contributed by atoms with Crippen LogP contribution in [0.25, 0.3) is 6.08 Å². The number of hydrogen-bond acceptors (Lipinski definition) is 4. The first-order valence-corrected chi connectivity index (χ1v) is 7.62. The number of nitriles is 1. The fraction of sp³-hybridized carbons (Fsp3) is 0.111. The molecule has 0 aliphatic carbocycles. The van der Waals surface area contributed by atoms with Crippen LogP contribution in [0, 0.1) is 11.3 Å². The molecule has 5 nitrogen and oxygen atoms in total. The van der Waals surface area contributed by atoms with E-state index in [-0.39, 0.29) is 5.57 Å². The van der Waals surface area contributed by atoms with E-state index < -0.39 is 5.91 Å². The maximum atomic E-state index is 12.3. The number of carbonyl (C=O) groups is 1. The molecule has 0 unspecified atom stereocenters. The first-order valence-electron chi connectivity index (χ1n) is 7.25. The molecule has 120 valence electrons. The lowest BCUT2D eigenvalue weighted by Gasteiger charge is -2.18. The van der Waals surface area contributed by atoms with E-state index in [1.54, 1.807) is 42.5 Å². The maximum absolute atomic E-state index is 12.3. The predicted octanol–water partition coefficient (Wildman–Crippen LogP) is 3.66. The number of nitrogens with zero attached hydrogens (tertiary/aromatic N) is 1. The second-order valence-corrected chi connectivity index (χ2v) is 5.41. The van der Waals surface area contributed by atoms with Crippen molar-refractivity contribution in [3.05, 3.63) is 58.6 Å². The highest BCUT2D eigenvalue weighted by molar-refractivity contribution is 6.32. The van der Waals surface area contributed by atoms with Gasteiger partial charge in [0.2, 0.25) is 0 Å². The number of ether oxygens (including phenoxy) is 2. The first-order chi connectivity index (χ1) is 11.7. The van der Waals surface area contributed by atoms with Crippen molar-refractivity contribution < 1.29 is 14.3 Å². The van der Waals surface area contributed by atoms with Crippen LogP contribution in [0.2, 0.25) is 5.02 Å². The summed E-state index contributed by atoms with van der Waals surface area (Å²) in [5.74, 6) is 0.674. The van der Waals surface area contributed by atoms with Crippen LogP contribution < -0.4 is 14.8 Å². The number of nitrogens with one attached hydrogen (secondary N) is 1. The van der Waals surface area contributed by atoms with Gasteiger partial charge in [-0.3, -0.25) is 4.79 Å². The predicted molar refractivity (Wildman–Crippen MR) is 91.1 cm³/mol. The molecule has 0 aromatic heterocycles. The minimum Gasteiger partial charge on any atom is -0.486 e. The minimum atomic E-state index is -0.519. The van der Waals surface area contributed by atoms with E-state index in [4.69, 9.17) is 21.1 Å². The molecule has 0 saturated heterocycles. The number of rotatable bonds is 3. The second kappa shape index (κ2) is 7.07. The highest BCUT2D eigenvalue weighted by atomic mass is 35.5. The number of halogens is 1.